The summed E-state index contributed by atoms with van der Waals surface area (Å²) in [6.07, 6.45) is 1.42. The maximum atomic E-state index is 12.8. The first-order valence-corrected chi connectivity index (χ1v) is 11.8. The van der Waals surface area contributed by atoms with Gasteiger partial charge in [0.15, 0.2) is 0 Å². The summed E-state index contributed by atoms with van der Waals surface area (Å²) in [4.78, 5) is 24.9. The van der Waals surface area contributed by atoms with Crippen LogP contribution in [-0.2, 0) is 16.1 Å². The molecule has 2 fully saturated rings. The smallest absolute Gasteiger partial charge is 0.407 e. The van der Waals surface area contributed by atoms with Gasteiger partial charge in [-0.25, -0.2) is 4.79 Å². The molecule has 0 aromatic heterocycles. The topological polar surface area (TPSA) is 108 Å². The predicted molar refractivity (Wildman–Crippen MR) is 122 cm³/mol. The molecule has 32 heavy (non-hydrogen) atoms. The van der Waals surface area contributed by atoms with Gasteiger partial charge in [-0.3, -0.25) is 4.79 Å². The standard InChI is InChI=1S/C25H38N2O5/c1-4-26-23(31)32-21-12-13-24(2)18(19(29)10-11-20(24)25(21,3)16-28)14-22(30)27-15-17-8-6-5-7-9-17/h5-9,18-21,28-29H,4,10-16H2,1-3H3,(H,26,31)(H,27,30)/t18-,19-,20-,21+,24-,25+/m1/s1. The Morgan fingerprint density at radius 3 is 2.50 bits per heavy atom. The van der Waals surface area contributed by atoms with Gasteiger partial charge in [-0.15, -0.1) is 0 Å². The lowest BCUT2D eigenvalue weighted by molar-refractivity contribution is -0.185. The van der Waals surface area contributed by atoms with Gasteiger partial charge in [0.25, 0.3) is 0 Å². The summed E-state index contributed by atoms with van der Waals surface area (Å²) >= 11 is 0. The molecule has 0 spiro atoms. The van der Waals surface area contributed by atoms with Gasteiger partial charge in [-0.2, -0.15) is 0 Å². The third-order valence-corrected chi connectivity index (χ3v) is 7.98. The van der Waals surface area contributed by atoms with Crippen LogP contribution in [0.1, 0.15) is 58.4 Å². The summed E-state index contributed by atoms with van der Waals surface area (Å²) in [5.41, 5.74) is 0.0714. The van der Waals surface area contributed by atoms with Crippen molar-refractivity contribution in [2.24, 2.45) is 22.7 Å². The second-order valence-corrected chi connectivity index (χ2v) is 9.90. The van der Waals surface area contributed by atoms with E-state index in [9.17, 15) is 19.8 Å². The molecule has 1 aromatic carbocycles. The lowest BCUT2D eigenvalue weighted by atomic mass is 9.46. The predicted octanol–water partition coefficient (Wildman–Crippen LogP) is 2.99. The van der Waals surface area contributed by atoms with Crippen LogP contribution in [0.15, 0.2) is 30.3 Å². The normalized spacial score (nSPS) is 34.3. The minimum atomic E-state index is -0.628. The highest BCUT2D eigenvalue weighted by Gasteiger charge is 2.60. The van der Waals surface area contributed by atoms with E-state index in [1.165, 1.54) is 0 Å². The van der Waals surface area contributed by atoms with E-state index in [0.29, 0.717) is 25.9 Å². The van der Waals surface area contributed by atoms with Crippen molar-refractivity contribution in [3.63, 3.8) is 0 Å². The minimum absolute atomic E-state index is 0.0310. The Hall–Kier alpha value is -2.12. The Morgan fingerprint density at radius 2 is 1.84 bits per heavy atom. The molecular formula is C25H38N2O5. The van der Waals surface area contributed by atoms with Crippen LogP contribution in [0.25, 0.3) is 0 Å². The number of rotatable bonds is 7. The summed E-state index contributed by atoms with van der Waals surface area (Å²) in [6, 6.07) is 9.75. The van der Waals surface area contributed by atoms with Crippen molar-refractivity contribution in [3.8, 4) is 0 Å². The Morgan fingerprint density at radius 1 is 1.12 bits per heavy atom. The van der Waals surface area contributed by atoms with E-state index in [-0.39, 0.29) is 36.2 Å². The van der Waals surface area contributed by atoms with Crippen molar-refractivity contribution in [2.45, 2.75) is 71.6 Å². The number of hydrogen-bond acceptors (Lipinski definition) is 5. The fourth-order valence-corrected chi connectivity index (χ4v) is 6.16. The number of carbonyl (C=O) groups excluding carboxylic acids is 2. The molecule has 2 aliphatic rings. The first-order chi connectivity index (χ1) is 15.2. The third kappa shape index (κ3) is 4.94. The maximum absolute atomic E-state index is 12.8. The number of alkyl carbamates (subject to hydrolysis) is 1. The zero-order valence-electron chi connectivity index (χ0n) is 19.5. The van der Waals surface area contributed by atoms with Gasteiger partial charge in [0.2, 0.25) is 5.91 Å². The lowest BCUT2D eigenvalue weighted by Crippen LogP contribution is -2.61. The SMILES string of the molecule is CCNC(=O)O[C@H]1CC[C@@]2(C)[C@@H](CC[C@@H](O)[C@H]2CC(=O)NCc2ccccc2)[C@]1(C)CO. The highest BCUT2D eigenvalue weighted by molar-refractivity contribution is 5.76. The molecule has 0 radical (unpaired) electrons. The van der Waals surface area contributed by atoms with E-state index < -0.39 is 23.7 Å². The molecule has 1 aromatic rings. The van der Waals surface area contributed by atoms with E-state index in [4.69, 9.17) is 4.74 Å². The molecule has 178 valence electrons. The van der Waals surface area contributed by atoms with Crippen LogP contribution in [0.2, 0.25) is 0 Å². The monoisotopic (exact) mass is 446 g/mol. The van der Waals surface area contributed by atoms with Crippen molar-refractivity contribution in [3.05, 3.63) is 35.9 Å². The van der Waals surface area contributed by atoms with Gasteiger partial charge >= 0.3 is 6.09 Å². The van der Waals surface area contributed by atoms with Crippen LogP contribution in [0.5, 0.6) is 0 Å². The first kappa shape index (κ1) is 24.5. The molecule has 7 nitrogen and oxygen atoms in total. The quantitative estimate of drug-likeness (QED) is 0.515. The van der Waals surface area contributed by atoms with Crippen LogP contribution in [0, 0.1) is 22.7 Å². The van der Waals surface area contributed by atoms with Crippen molar-refractivity contribution >= 4 is 12.0 Å². The summed E-state index contributed by atoms with van der Waals surface area (Å²) in [7, 11) is 0. The highest BCUT2D eigenvalue weighted by Crippen LogP contribution is 2.61. The number of carbonyl (C=O) groups is 2. The van der Waals surface area contributed by atoms with E-state index in [1.807, 2.05) is 44.2 Å². The van der Waals surface area contributed by atoms with Crippen LogP contribution in [-0.4, -0.2) is 47.6 Å². The maximum Gasteiger partial charge on any atom is 0.407 e. The Kier molecular flexibility index (Phi) is 7.83. The average Bonchev–Trinajstić information content (AvgIpc) is 2.78. The van der Waals surface area contributed by atoms with E-state index in [1.54, 1.807) is 0 Å². The zero-order valence-corrected chi connectivity index (χ0v) is 19.5. The fourth-order valence-electron chi connectivity index (χ4n) is 6.16. The van der Waals surface area contributed by atoms with Crippen molar-refractivity contribution in [1.29, 1.82) is 0 Å². The Labute approximate surface area is 190 Å². The van der Waals surface area contributed by atoms with E-state index in [0.717, 1.165) is 18.4 Å². The molecule has 7 heteroatoms. The molecule has 2 aliphatic carbocycles. The molecule has 2 saturated carbocycles. The largest absolute Gasteiger partial charge is 0.446 e. The summed E-state index contributed by atoms with van der Waals surface area (Å²) < 4.78 is 5.71. The van der Waals surface area contributed by atoms with Gasteiger partial charge in [0.1, 0.15) is 6.10 Å². The molecule has 6 atom stereocenters. The molecule has 3 rings (SSSR count). The number of aliphatic hydroxyl groups excluding tert-OH is 2. The summed E-state index contributed by atoms with van der Waals surface area (Å²) in [5, 5.41) is 27.0. The van der Waals surface area contributed by atoms with Crippen molar-refractivity contribution in [1.82, 2.24) is 10.6 Å². The third-order valence-electron chi connectivity index (χ3n) is 7.98. The Balaban J connectivity index is 1.73. The lowest BCUT2D eigenvalue weighted by Gasteiger charge is -2.60. The molecule has 4 N–H and O–H groups in total. The molecule has 0 aliphatic heterocycles. The number of benzene rings is 1. The minimum Gasteiger partial charge on any atom is -0.446 e. The van der Waals surface area contributed by atoms with E-state index in [2.05, 4.69) is 17.6 Å². The molecular weight excluding hydrogens is 408 g/mol. The van der Waals surface area contributed by atoms with Gasteiger partial charge < -0.3 is 25.6 Å². The van der Waals surface area contributed by atoms with Crippen molar-refractivity contribution < 1.29 is 24.5 Å². The molecule has 0 saturated heterocycles. The highest BCUT2D eigenvalue weighted by atomic mass is 16.6. The Bertz CT molecular complexity index is 788. The van der Waals surface area contributed by atoms with Crippen molar-refractivity contribution in [2.75, 3.05) is 13.2 Å². The van der Waals surface area contributed by atoms with Crippen LogP contribution >= 0.6 is 0 Å². The van der Waals surface area contributed by atoms with Gasteiger partial charge in [-0.05, 0) is 55.4 Å². The van der Waals surface area contributed by atoms with Crippen LogP contribution < -0.4 is 10.6 Å². The van der Waals surface area contributed by atoms with Gasteiger partial charge in [-0.1, -0.05) is 44.2 Å². The van der Waals surface area contributed by atoms with Gasteiger partial charge in [0.05, 0.1) is 12.7 Å². The molecule has 0 unspecified atom stereocenters. The van der Waals surface area contributed by atoms with Crippen LogP contribution in [0.3, 0.4) is 0 Å². The second kappa shape index (κ2) is 10.2. The van der Waals surface area contributed by atoms with Gasteiger partial charge in [0, 0.05) is 24.9 Å². The van der Waals surface area contributed by atoms with E-state index >= 15 is 0 Å². The molecule has 0 bridgehead atoms. The zero-order chi connectivity index (χ0) is 23.4. The number of fused-ring (bicyclic) bond motifs is 1. The van der Waals surface area contributed by atoms with Crippen LogP contribution in [0.4, 0.5) is 4.79 Å². The first-order valence-electron chi connectivity index (χ1n) is 11.8. The molecule has 2 amide bonds. The second-order valence-electron chi connectivity index (χ2n) is 9.90. The molecule has 0 heterocycles. The number of aliphatic hydroxyl groups is 2. The number of ether oxygens (including phenoxy) is 1. The number of hydrogen-bond donors (Lipinski definition) is 4. The summed E-state index contributed by atoms with van der Waals surface area (Å²) in [5.74, 6) is -0.261. The summed E-state index contributed by atoms with van der Waals surface area (Å²) in [6.45, 7) is 6.77. The number of amides is 2. The fraction of sp³-hybridized carbons (Fsp3) is 0.680. The number of nitrogens with one attached hydrogen (secondary N) is 2. The average molecular weight is 447 g/mol.